The second-order valence-electron chi connectivity index (χ2n) is 5.70. The molecule has 1 aliphatic heterocycles. The van der Waals surface area contributed by atoms with Crippen LogP contribution >= 0.6 is 0 Å². The summed E-state index contributed by atoms with van der Waals surface area (Å²) in [7, 11) is 0. The predicted molar refractivity (Wildman–Crippen MR) is 95.2 cm³/mol. The third-order valence-electron chi connectivity index (χ3n) is 4.16. The van der Waals surface area contributed by atoms with Crippen molar-refractivity contribution in [2.45, 2.75) is 33.8 Å². The van der Waals surface area contributed by atoms with Crippen molar-refractivity contribution < 1.29 is 4.84 Å². The molecule has 0 atom stereocenters. The second kappa shape index (κ2) is 6.69. The first-order valence-electron chi connectivity index (χ1n) is 8.01. The Morgan fingerprint density at radius 2 is 1.87 bits per heavy atom. The SMILES string of the molecule is CCC1=C(C)/C(=C\c2cccn2OCc2ccccc2)N=C1C. The number of hydrogen-bond acceptors (Lipinski definition) is 2. The standard InChI is InChI=1S/C20H22N2O/c1-4-19-15(2)20(21-16(19)3)13-18-11-8-12-22(18)23-14-17-9-6-5-7-10-17/h5-13H,4,14H2,1-3H3/b20-13+. The fourth-order valence-corrected chi connectivity index (χ4v) is 2.89. The van der Waals surface area contributed by atoms with E-state index in [4.69, 9.17) is 9.83 Å². The molecule has 0 unspecified atom stereocenters. The van der Waals surface area contributed by atoms with Gasteiger partial charge in [-0.3, -0.25) is 4.99 Å². The number of rotatable bonds is 5. The molecular weight excluding hydrogens is 284 g/mol. The molecule has 0 fully saturated rings. The molecule has 0 bridgehead atoms. The zero-order valence-electron chi connectivity index (χ0n) is 13.9. The Morgan fingerprint density at radius 1 is 1.09 bits per heavy atom. The minimum absolute atomic E-state index is 0.545. The molecule has 3 heteroatoms. The first-order chi connectivity index (χ1) is 11.2. The van der Waals surface area contributed by atoms with Gasteiger partial charge < -0.3 is 4.84 Å². The van der Waals surface area contributed by atoms with E-state index in [2.05, 4.69) is 39.0 Å². The maximum atomic E-state index is 5.90. The molecule has 3 rings (SSSR count). The van der Waals surface area contributed by atoms with E-state index in [-0.39, 0.29) is 0 Å². The lowest BCUT2D eigenvalue weighted by molar-refractivity contribution is 0.0967. The van der Waals surface area contributed by atoms with Crippen LogP contribution in [0.15, 0.2) is 70.5 Å². The normalized spacial score (nSPS) is 16.1. The van der Waals surface area contributed by atoms with Crippen molar-refractivity contribution in [3.8, 4) is 0 Å². The van der Waals surface area contributed by atoms with E-state index in [1.54, 1.807) is 0 Å². The Hall–Kier alpha value is -2.55. The van der Waals surface area contributed by atoms with Gasteiger partial charge in [-0.15, -0.1) is 0 Å². The highest BCUT2D eigenvalue weighted by atomic mass is 16.7. The summed E-state index contributed by atoms with van der Waals surface area (Å²) in [4.78, 5) is 10.6. The largest absolute Gasteiger partial charge is 0.409 e. The van der Waals surface area contributed by atoms with Crippen molar-refractivity contribution in [2.75, 3.05) is 0 Å². The van der Waals surface area contributed by atoms with Crippen LogP contribution in [0, 0.1) is 0 Å². The van der Waals surface area contributed by atoms with Crippen molar-refractivity contribution in [1.29, 1.82) is 0 Å². The number of hydrogen-bond donors (Lipinski definition) is 0. The topological polar surface area (TPSA) is 26.5 Å². The zero-order valence-corrected chi connectivity index (χ0v) is 13.9. The van der Waals surface area contributed by atoms with Crippen LogP contribution in [0.1, 0.15) is 38.4 Å². The minimum Gasteiger partial charge on any atom is -0.409 e. The maximum Gasteiger partial charge on any atom is 0.140 e. The first kappa shape index (κ1) is 15.3. The molecule has 0 amide bonds. The van der Waals surface area contributed by atoms with Crippen molar-refractivity contribution in [3.05, 3.63) is 76.8 Å². The molecule has 0 saturated carbocycles. The minimum atomic E-state index is 0.545. The van der Waals surface area contributed by atoms with Crippen LogP contribution in [0.25, 0.3) is 6.08 Å². The molecule has 2 heterocycles. The summed E-state index contributed by atoms with van der Waals surface area (Å²) < 4.78 is 1.81. The maximum absolute atomic E-state index is 5.90. The third kappa shape index (κ3) is 3.29. The number of nitrogens with zero attached hydrogens (tertiary/aromatic N) is 2. The van der Waals surface area contributed by atoms with E-state index in [1.165, 1.54) is 11.1 Å². The van der Waals surface area contributed by atoms with Crippen LogP contribution < -0.4 is 4.84 Å². The highest BCUT2D eigenvalue weighted by Crippen LogP contribution is 2.28. The molecule has 0 aliphatic carbocycles. The molecule has 0 saturated heterocycles. The van der Waals surface area contributed by atoms with Crippen LogP contribution in [0.2, 0.25) is 0 Å². The number of aliphatic imine (C=N–C) groups is 1. The Labute approximate surface area is 137 Å². The van der Waals surface area contributed by atoms with Crippen LogP contribution in [0.3, 0.4) is 0 Å². The molecule has 0 spiro atoms. The molecule has 2 aromatic rings. The van der Waals surface area contributed by atoms with Gasteiger partial charge >= 0.3 is 0 Å². The number of benzene rings is 1. The van der Waals surface area contributed by atoms with E-state index in [0.717, 1.165) is 29.1 Å². The van der Waals surface area contributed by atoms with Crippen molar-refractivity contribution in [1.82, 2.24) is 4.73 Å². The molecule has 118 valence electrons. The second-order valence-corrected chi connectivity index (χ2v) is 5.70. The Morgan fingerprint density at radius 3 is 2.57 bits per heavy atom. The van der Waals surface area contributed by atoms with Gasteiger partial charge in [-0.1, -0.05) is 37.3 Å². The molecule has 0 N–H and O–H groups in total. The van der Waals surface area contributed by atoms with Gasteiger partial charge in [-0.25, -0.2) is 0 Å². The smallest absolute Gasteiger partial charge is 0.140 e. The van der Waals surface area contributed by atoms with E-state index in [1.807, 2.05) is 41.3 Å². The quantitative estimate of drug-likeness (QED) is 0.789. The molecule has 1 aromatic carbocycles. The van der Waals surface area contributed by atoms with Gasteiger partial charge in [0.15, 0.2) is 0 Å². The summed E-state index contributed by atoms with van der Waals surface area (Å²) >= 11 is 0. The van der Waals surface area contributed by atoms with Gasteiger partial charge in [0, 0.05) is 11.9 Å². The Bertz CT molecular complexity index is 779. The number of allylic oxidation sites excluding steroid dienone is 2. The monoisotopic (exact) mass is 306 g/mol. The summed E-state index contributed by atoms with van der Waals surface area (Å²) in [6, 6.07) is 14.2. The molecule has 23 heavy (non-hydrogen) atoms. The molecule has 1 aromatic heterocycles. The van der Waals surface area contributed by atoms with Gasteiger partial charge in [0.2, 0.25) is 0 Å². The lowest BCUT2D eigenvalue weighted by Gasteiger charge is -2.09. The summed E-state index contributed by atoms with van der Waals surface area (Å²) in [6.45, 7) is 6.94. The van der Waals surface area contributed by atoms with E-state index >= 15 is 0 Å². The van der Waals surface area contributed by atoms with Crippen molar-refractivity contribution in [2.24, 2.45) is 4.99 Å². The molecule has 3 nitrogen and oxygen atoms in total. The molecular formula is C20H22N2O. The van der Waals surface area contributed by atoms with Gasteiger partial charge in [0.05, 0.1) is 11.4 Å². The van der Waals surface area contributed by atoms with Crippen molar-refractivity contribution in [3.63, 3.8) is 0 Å². The zero-order chi connectivity index (χ0) is 16.2. The lowest BCUT2D eigenvalue weighted by atomic mass is 10.0. The lowest BCUT2D eigenvalue weighted by Crippen LogP contribution is -2.11. The highest BCUT2D eigenvalue weighted by molar-refractivity contribution is 6.03. The Balaban J connectivity index is 1.80. The summed E-state index contributed by atoms with van der Waals surface area (Å²) in [6.07, 6.45) is 5.04. The van der Waals surface area contributed by atoms with Crippen molar-refractivity contribution >= 4 is 11.8 Å². The van der Waals surface area contributed by atoms with Crippen LogP contribution in [-0.4, -0.2) is 10.4 Å². The van der Waals surface area contributed by atoms with Crippen LogP contribution in [-0.2, 0) is 6.61 Å². The molecule has 0 radical (unpaired) electrons. The summed E-state index contributed by atoms with van der Waals surface area (Å²) in [5.41, 5.74) is 6.92. The first-order valence-corrected chi connectivity index (χ1v) is 8.01. The van der Waals surface area contributed by atoms with Gasteiger partial charge in [0.25, 0.3) is 0 Å². The number of aromatic nitrogens is 1. The highest BCUT2D eigenvalue weighted by Gasteiger charge is 2.16. The Kier molecular flexibility index (Phi) is 4.47. The van der Waals surface area contributed by atoms with Gasteiger partial charge in [-0.2, -0.15) is 4.73 Å². The average Bonchev–Trinajstić information content (AvgIpc) is 3.11. The molecule has 1 aliphatic rings. The van der Waals surface area contributed by atoms with E-state index in [0.29, 0.717) is 6.61 Å². The summed E-state index contributed by atoms with van der Waals surface area (Å²) in [5, 5.41) is 0. The average molecular weight is 306 g/mol. The van der Waals surface area contributed by atoms with Gasteiger partial charge in [0.1, 0.15) is 6.61 Å². The van der Waals surface area contributed by atoms with E-state index in [9.17, 15) is 0 Å². The predicted octanol–water partition coefficient (Wildman–Crippen LogP) is 4.66. The third-order valence-corrected chi connectivity index (χ3v) is 4.16. The fraction of sp³-hybridized carbons (Fsp3) is 0.250. The summed E-state index contributed by atoms with van der Waals surface area (Å²) in [5.74, 6) is 0. The van der Waals surface area contributed by atoms with E-state index < -0.39 is 0 Å². The van der Waals surface area contributed by atoms with Crippen LogP contribution in [0.4, 0.5) is 0 Å². The van der Waals surface area contributed by atoms with Crippen LogP contribution in [0.5, 0.6) is 0 Å². The fourth-order valence-electron chi connectivity index (χ4n) is 2.89. The van der Waals surface area contributed by atoms with Gasteiger partial charge in [-0.05, 0) is 55.2 Å².